The lowest BCUT2D eigenvalue weighted by molar-refractivity contribution is -0.114. The zero-order chi connectivity index (χ0) is 17.7. The van der Waals surface area contributed by atoms with E-state index in [2.05, 4.69) is 0 Å². The first-order valence-corrected chi connectivity index (χ1v) is 7.49. The first kappa shape index (κ1) is 17.1. The van der Waals surface area contributed by atoms with Crippen LogP contribution in [0.15, 0.2) is 54.1 Å². The molecule has 0 heterocycles. The van der Waals surface area contributed by atoms with Crippen LogP contribution in [0.3, 0.4) is 0 Å². The number of hydrogen-bond donors (Lipinski definition) is 2. The number of nitriles is 1. The summed E-state index contributed by atoms with van der Waals surface area (Å²) in [7, 11) is 0. The normalized spacial score (nSPS) is 11.4. The number of hydrogen-bond acceptors (Lipinski definition) is 4. The summed E-state index contributed by atoms with van der Waals surface area (Å²) in [5.74, 6) is -0.959. The van der Waals surface area contributed by atoms with Gasteiger partial charge in [-0.25, -0.2) is 0 Å². The monoisotopic (exact) mass is 322 g/mol. The highest BCUT2D eigenvalue weighted by Crippen LogP contribution is 2.30. The summed E-state index contributed by atoms with van der Waals surface area (Å²) >= 11 is 0. The summed E-state index contributed by atoms with van der Waals surface area (Å²) in [5.41, 5.74) is 1.64. The van der Waals surface area contributed by atoms with Crippen molar-refractivity contribution in [3.63, 3.8) is 0 Å². The third-order valence-electron chi connectivity index (χ3n) is 3.74. The molecule has 0 unspecified atom stereocenters. The lowest BCUT2D eigenvalue weighted by Gasteiger charge is -2.21. The molecule has 0 spiro atoms. The molecule has 2 rings (SSSR count). The summed E-state index contributed by atoms with van der Waals surface area (Å²) in [6.45, 7) is 3.89. The van der Waals surface area contributed by atoms with Gasteiger partial charge in [-0.2, -0.15) is 5.26 Å². The number of carbonyl (C=O) groups excluding carboxylic acids is 1. The molecule has 5 nitrogen and oxygen atoms in total. The number of para-hydroxylation sites is 1. The lowest BCUT2D eigenvalue weighted by Crippen LogP contribution is -2.32. The average Bonchev–Trinajstić information content (AvgIpc) is 2.59. The molecule has 0 fully saturated rings. The Balaban J connectivity index is 2.47. The van der Waals surface area contributed by atoms with E-state index in [4.69, 9.17) is 0 Å². The van der Waals surface area contributed by atoms with Crippen molar-refractivity contribution in [1.82, 2.24) is 0 Å². The molecule has 0 aromatic heterocycles. The van der Waals surface area contributed by atoms with Gasteiger partial charge in [-0.15, -0.1) is 0 Å². The highest BCUT2D eigenvalue weighted by Gasteiger charge is 2.21. The van der Waals surface area contributed by atoms with E-state index in [9.17, 15) is 20.3 Å². The Hall–Kier alpha value is -3.26. The Morgan fingerprint density at radius 3 is 2.33 bits per heavy atom. The fourth-order valence-electron chi connectivity index (χ4n) is 2.38. The molecular weight excluding hydrogens is 304 g/mol. The maximum Gasteiger partial charge on any atom is 0.269 e. The van der Waals surface area contributed by atoms with Crippen molar-refractivity contribution in [1.29, 1.82) is 5.26 Å². The Morgan fingerprint density at radius 2 is 1.79 bits per heavy atom. The second-order valence-corrected chi connectivity index (χ2v) is 5.20. The van der Waals surface area contributed by atoms with Crippen LogP contribution in [0, 0.1) is 11.3 Å². The zero-order valence-electron chi connectivity index (χ0n) is 13.5. The van der Waals surface area contributed by atoms with E-state index >= 15 is 0 Å². The van der Waals surface area contributed by atoms with Crippen LogP contribution >= 0.6 is 0 Å². The molecule has 24 heavy (non-hydrogen) atoms. The van der Waals surface area contributed by atoms with Crippen LogP contribution in [0.5, 0.6) is 11.5 Å². The predicted octanol–water partition coefficient (Wildman–Crippen LogP) is 3.45. The summed E-state index contributed by atoms with van der Waals surface area (Å²) in [4.78, 5) is 14.3. The number of rotatable bonds is 4. The second kappa shape index (κ2) is 7.34. The summed E-state index contributed by atoms with van der Waals surface area (Å²) in [6, 6.07) is 15.3. The largest absolute Gasteiger partial charge is 0.504 e. The van der Waals surface area contributed by atoms with Crippen molar-refractivity contribution in [2.45, 2.75) is 13.8 Å². The molecule has 2 N–H and O–H groups in total. The zero-order valence-corrected chi connectivity index (χ0v) is 13.5. The van der Waals surface area contributed by atoms with Crippen molar-refractivity contribution < 1.29 is 15.0 Å². The van der Waals surface area contributed by atoms with E-state index < -0.39 is 5.91 Å². The van der Waals surface area contributed by atoms with Crippen molar-refractivity contribution in [2.75, 3.05) is 11.4 Å². The van der Waals surface area contributed by atoms with Gasteiger partial charge in [0, 0.05) is 12.2 Å². The number of aromatic hydroxyl groups is 2. The SMILES string of the molecule is CCN(C(=O)/C(C#N)=C(/C)c1ccc(O)c(O)c1)c1ccccc1. The molecule has 2 aromatic carbocycles. The number of anilines is 1. The summed E-state index contributed by atoms with van der Waals surface area (Å²) in [6.07, 6.45) is 0. The topological polar surface area (TPSA) is 84.6 Å². The Morgan fingerprint density at radius 1 is 1.12 bits per heavy atom. The van der Waals surface area contributed by atoms with Crippen LogP contribution in [0.4, 0.5) is 5.69 Å². The number of carbonyl (C=O) groups is 1. The van der Waals surface area contributed by atoms with E-state index in [0.29, 0.717) is 23.4 Å². The van der Waals surface area contributed by atoms with Crippen LogP contribution < -0.4 is 4.90 Å². The van der Waals surface area contributed by atoms with E-state index in [0.717, 1.165) is 0 Å². The smallest absolute Gasteiger partial charge is 0.269 e. The van der Waals surface area contributed by atoms with E-state index in [1.165, 1.54) is 17.0 Å². The number of phenolic OH excluding ortho intramolecular Hbond substituents is 2. The number of benzene rings is 2. The predicted molar refractivity (Wildman–Crippen MR) is 92.4 cm³/mol. The molecule has 0 atom stereocenters. The van der Waals surface area contributed by atoms with Crippen LogP contribution in [-0.4, -0.2) is 22.7 Å². The molecule has 0 radical (unpaired) electrons. The molecule has 0 aliphatic carbocycles. The van der Waals surface area contributed by atoms with E-state index in [-0.39, 0.29) is 17.1 Å². The van der Waals surface area contributed by atoms with Gasteiger partial charge in [-0.05, 0) is 49.2 Å². The number of nitrogens with zero attached hydrogens (tertiary/aromatic N) is 2. The fraction of sp³-hybridized carbons (Fsp3) is 0.158. The van der Waals surface area contributed by atoms with Crippen molar-refractivity contribution in [3.8, 4) is 17.6 Å². The van der Waals surface area contributed by atoms with Crippen molar-refractivity contribution in [2.24, 2.45) is 0 Å². The van der Waals surface area contributed by atoms with Gasteiger partial charge < -0.3 is 15.1 Å². The first-order chi connectivity index (χ1) is 11.5. The number of likely N-dealkylation sites (N-methyl/N-ethyl adjacent to an activating group) is 1. The minimum atomic E-state index is -0.406. The van der Waals surface area contributed by atoms with Crippen LogP contribution in [0.25, 0.3) is 5.57 Å². The fourth-order valence-corrected chi connectivity index (χ4v) is 2.38. The van der Waals surface area contributed by atoms with Crippen LogP contribution in [-0.2, 0) is 4.79 Å². The maximum absolute atomic E-state index is 12.8. The molecule has 0 aliphatic rings. The molecule has 2 aromatic rings. The summed E-state index contributed by atoms with van der Waals surface area (Å²) in [5, 5.41) is 28.5. The Labute approximate surface area is 140 Å². The molecule has 1 amide bonds. The van der Waals surface area contributed by atoms with Crippen molar-refractivity contribution >= 4 is 17.2 Å². The lowest BCUT2D eigenvalue weighted by atomic mass is 10.0. The third-order valence-corrected chi connectivity index (χ3v) is 3.74. The van der Waals surface area contributed by atoms with Gasteiger partial charge in [0.1, 0.15) is 11.6 Å². The molecule has 0 saturated heterocycles. The highest BCUT2D eigenvalue weighted by atomic mass is 16.3. The number of amides is 1. The molecule has 0 bridgehead atoms. The first-order valence-electron chi connectivity index (χ1n) is 7.49. The Kier molecular flexibility index (Phi) is 5.23. The van der Waals surface area contributed by atoms with Crippen LogP contribution in [0.1, 0.15) is 19.4 Å². The number of allylic oxidation sites excluding steroid dienone is 1. The minimum Gasteiger partial charge on any atom is -0.504 e. The summed E-state index contributed by atoms with van der Waals surface area (Å²) < 4.78 is 0. The standard InChI is InChI=1S/C19H18N2O3/c1-3-21(15-7-5-4-6-8-15)19(24)16(12-20)13(2)14-9-10-17(22)18(23)11-14/h4-11,22-23H,3H2,1-2H3/b16-13-. The average molecular weight is 322 g/mol. The number of phenols is 2. The molecule has 0 aliphatic heterocycles. The van der Waals surface area contributed by atoms with Crippen molar-refractivity contribution in [3.05, 3.63) is 59.7 Å². The van der Waals surface area contributed by atoms with Crippen LogP contribution in [0.2, 0.25) is 0 Å². The molecular formula is C19H18N2O3. The van der Waals surface area contributed by atoms with Gasteiger partial charge in [-0.1, -0.05) is 24.3 Å². The Bertz CT molecular complexity index is 820. The maximum atomic E-state index is 12.8. The molecule has 0 saturated carbocycles. The third kappa shape index (κ3) is 3.39. The van der Waals surface area contributed by atoms with Gasteiger partial charge in [0.15, 0.2) is 11.5 Å². The van der Waals surface area contributed by atoms with E-state index in [1.807, 2.05) is 31.2 Å². The van der Waals surface area contributed by atoms with Gasteiger partial charge >= 0.3 is 0 Å². The van der Waals surface area contributed by atoms with Gasteiger partial charge in [0.05, 0.1) is 0 Å². The molecule has 5 heteroatoms. The second-order valence-electron chi connectivity index (χ2n) is 5.20. The minimum absolute atomic E-state index is 0.00853. The van der Waals surface area contributed by atoms with Gasteiger partial charge in [0.2, 0.25) is 0 Å². The van der Waals surface area contributed by atoms with Gasteiger partial charge in [-0.3, -0.25) is 4.79 Å². The quantitative estimate of drug-likeness (QED) is 0.513. The van der Waals surface area contributed by atoms with Gasteiger partial charge in [0.25, 0.3) is 5.91 Å². The molecule has 122 valence electrons. The highest BCUT2D eigenvalue weighted by molar-refractivity contribution is 6.13. The van der Waals surface area contributed by atoms with E-state index in [1.54, 1.807) is 25.1 Å².